The molecule has 0 amide bonds. The van der Waals surface area contributed by atoms with E-state index in [1.807, 2.05) is 0 Å². The summed E-state index contributed by atoms with van der Waals surface area (Å²) in [5.74, 6) is 4.47. The molecule has 0 aromatic heterocycles. The van der Waals surface area contributed by atoms with Gasteiger partial charge < -0.3 is 4.74 Å². The van der Waals surface area contributed by atoms with Gasteiger partial charge in [0.25, 0.3) is 0 Å². The Morgan fingerprint density at radius 2 is 2.50 bits per heavy atom. The van der Waals surface area contributed by atoms with Crippen LogP contribution in [0.3, 0.4) is 0 Å². The second kappa shape index (κ2) is 5.90. The van der Waals surface area contributed by atoms with Gasteiger partial charge >= 0.3 is 5.97 Å². The van der Waals surface area contributed by atoms with Crippen molar-refractivity contribution in [3.8, 4) is 11.8 Å². The van der Waals surface area contributed by atoms with Gasteiger partial charge in [-0.15, -0.1) is 6.58 Å². The molecule has 0 aromatic rings. The summed E-state index contributed by atoms with van der Waals surface area (Å²) in [4.78, 5) is 10.4. The molecule has 0 fully saturated rings. The molecule has 2 nitrogen and oxygen atoms in total. The maximum absolute atomic E-state index is 10.4. The van der Waals surface area contributed by atoms with Crippen molar-refractivity contribution >= 4 is 5.97 Å². The summed E-state index contributed by atoms with van der Waals surface area (Å²) in [5, 5.41) is 0. The average molecular weight is 138 g/mol. The molecular weight excluding hydrogens is 128 g/mol. The number of carbonyl (C=O) groups excluding carboxylic acids is 1. The second-order valence-corrected chi connectivity index (χ2v) is 1.62. The van der Waals surface area contributed by atoms with Crippen molar-refractivity contribution in [2.75, 3.05) is 7.11 Å². The number of esters is 1. The van der Waals surface area contributed by atoms with Crippen LogP contribution in [0.2, 0.25) is 0 Å². The molecule has 0 rings (SSSR count). The van der Waals surface area contributed by atoms with E-state index in [2.05, 4.69) is 23.2 Å². The molecule has 0 saturated heterocycles. The molecule has 0 spiro atoms. The zero-order chi connectivity index (χ0) is 7.82. The highest BCUT2D eigenvalue weighted by Gasteiger charge is 1.86. The number of methoxy groups -OCH3 is 1. The molecule has 0 bridgehead atoms. The third-order valence-electron chi connectivity index (χ3n) is 0.849. The highest BCUT2D eigenvalue weighted by atomic mass is 16.5. The van der Waals surface area contributed by atoms with Gasteiger partial charge in [0.15, 0.2) is 0 Å². The molecule has 0 saturated carbocycles. The van der Waals surface area contributed by atoms with Crippen LogP contribution < -0.4 is 0 Å². The van der Waals surface area contributed by atoms with Crippen LogP contribution >= 0.6 is 0 Å². The van der Waals surface area contributed by atoms with Crippen LogP contribution in [0.1, 0.15) is 12.8 Å². The fraction of sp³-hybridized carbons (Fsp3) is 0.375. The van der Waals surface area contributed by atoms with Gasteiger partial charge in [0.1, 0.15) is 0 Å². The van der Waals surface area contributed by atoms with Crippen LogP contribution in [0.25, 0.3) is 0 Å². The summed E-state index contributed by atoms with van der Waals surface area (Å²) in [6, 6.07) is 0. The van der Waals surface area contributed by atoms with Crippen LogP contribution in [-0.2, 0) is 9.53 Å². The van der Waals surface area contributed by atoms with Crippen LogP contribution in [0.4, 0.5) is 0 Å². The summed E-state index contributed by atoms with van der Waals surface area (Å²) in [7, 11) is 1.31. The molecule has 10 heavy (non-hydrogen) atoms. The third-order valence-corrected chi connectivity index (χ3v) is 0.849. The predicted molar refractivity (Wildman–Crippen MR) is 39.2 cm³/mol. The summed E-state index contributed by atoms with van der Waals surface area (Å²) in [5.41, 5.74) is 0. The molecule has 0 N–H and O–H groups in total. The van der Waals surface area contributed by atoms with Gasteiger partial charge in [-0.2, -0.15) is 0 Å². The van der Waals surface area contributed by atoms with E-state index >= 15 is 0 Å². The Labute approximate surface area is 60.9 Å². The number of ether oxygens (including phenoxy) is 1. The van der Waals surface area contributed by atoms with Gasteiger partial charge in [0.05, 0.1) is 7.11 Å². The van der Waals surface area contributed by atoms with E-state index in [0.29, 0.717) is 6.42 Å². The molecular formula is C8H10O2. The van der Waals surface area contributed by atoms with Gasteiger partial charge in [-0.1, -0.05) is 12.0 Å². The Kier molecular flexibility index (Phi) is 5.17. The Hall–Kier alpha value is -1.23. The smallest absolute Gasteiger partial charge is 0.384 e. The first-order chi connectivity index (χ1) is 4.81. The molecule has 2 heteroatoms. The predicted octanol–water partition coefficient (Wildman–Crippen LogP) is 1.13. The van der Waals surface area contributed by atoms with Crippen LogP contribution in [0.15, 0.2) is 12.7 Å². The van der Waals surface area contributed by atoms with Gasteiger partial charge in [-0.05, 0) is 6.42 Å². The number of unbranched alkanes of at least 4 members (excludes halogenated alkanes) is 1. The van der Waals surface area contributed by atoms with Gasteiger partial charge in [-0.25, -0.2) is 4.79 Å². The maximum atomic E-state index is 10.4. The van der Waals surface area contributed by atoms with Crippen LogP contribution in [0.5, 0.6) is 0 Å². The fourth-order valence-electron chi connectivity index (χ4n) is 0.360. The number of allylic oxidation sites excluding steroid dienone is 1. The largest absolute Gasteiger partial charge is 0.459 e. The van der Waals surface area contributed by atoms with Crippen molar-refractivity contribution in [2.24, 2.45) is 0 Å². The minimum atomic E-state index is -0.482. The minimum absolute atomic E-state index is 0.482. The van der Waals surface area contributed by atoms with Crippen molar-refractivity contribution < 1.29 is 9.53 Å². The highest BCUT2D eigenvalue weighted by molar-refractivity contribution is 5.88. The number of hydrogen-bond donors (Lipinski definition) is 0. The second-order valence-electron chi connectivity index (χ2n) is 1.62. The quantitative estimate of drug-likeness (QED) is 0.188. The first-order valence-electron chi connectivity index (χ1n) is 2.99. The van der Waals surface area contributed by atoms with E-state index in [1.54, 1.807) is 6.08 Å². The maximum Gasteiger partial charge on any atom is 0.384 e. The SMILES string of the molecule is C=CCCC#CC(=O)OC. The molecule has 0 aliphatic carbocycles. The van der Waals surface area contributed by atoms with E-state index in [4.69, 9.17) is 0 Å². The van der Waals surface area contributed by atoms with E-state index in [-0.39, 0.29) is 0 Å². The molecule has 0 atom stereocenters. The number of hydrogen-bond acceptors (Lipinski definition) is 2. The lowest BCUT2D eigenvalue weighted by atomic mass is 10.3. The van der Waals surface area contributed by atoms with Crippen LogP contribution in [-0.4, -0.2) is 13.1 Å². The Morgan fingerprint density at radius 1 is 1.80 bits per heavy atom. The molecule has 0 aromatic carbocycles. The van der Waals surface area contributed by atoms with Crippen molar-refractivity contribution in [3.63, 3.8) is 0 Å². The summed E-state index contributed by atoms with van der Waals surface area (Å²) in [6.07, 6.45) is 3.23. The molecule has 0 heterocycles. The van der Waals surface area contributed by atoms with E-state index < -0.39 is 5.97 Å². The number of carbonyl (C=O) groups is 1. The van der Waals surface area contributed by atoms with Crippen molar-refractivity contribution in [2.45, 2.75) is 12.8 Å². The summed E-state index contributed by atoms with van der Waals surface area (Å²) in [6.45, 7) is 3.51. The zero-order valence-corrected chi connectivity index (χ0v) is 6.02. The van der Waals surface area contributed by atoms with Gasteiger partial charge in [0.2, 0.25) is 0 Å². The third kappa shape index (κ3) is 4.92. The van der Waals surface area contributed by atoms with Gasteiger partial charge in [-0.3, -0.25) is 0 Å². The molecule has 54 valence electrons. The Balaban J connectivity index is 3.48. The van der Waals surface area contributed by atoms with Crippen molar-refractivity contribution in [1.29, 1.82) is 0 Å². The van der Waals surface area contributed by atoms with E-state index in [1.165, 1.54) is 7.11 Å². The number of rotatable bonds is 2. The lowest BCUT2D eigenvalue weighted by Gasteiger charge is -1.83. The van der Waals surface area contributed by atoms with Gasteiger partial charge in [0, 0.05) is 12.3 Å². The monoisotopic (exact) mass is 138 g/mol. The first-order valence-corrected chi connectivity index (χ1v) is 2.99. The fourth-order valence-corrected chi connectivity index (χ4v) is 0.360. The lowest BCUT2D eigenvalue weighted by Crippen LogP contribution is -1.93. The highest BCUT2D eigenvalue weighted by Crippen LogP contribution is 1.84. The Bertz CT molecular complexity index is 171. The first kappa shape index (κ1) is 8.77. The Morgan fingerprint density at radius 3 is 3.00 bits per heavy atom. The zero-order valence-electron chi connectivity index (χ0n) is 6.02. The molecule has 0 radical (unpaired) electrons. The standard InChI is InChI=1S/C8H10O2/c1-3-4-5-6-7-8(9)10-2/h3H,1,4-5H2,2H3. The molecule has 0 unspecified atom stereocenters. The van der Waals surface area contributed by atoms with Crippen molar-refractivity contribution in [1.82, 2.24) is 0 Å². The molecule has 0 aliphatic heterocycles. The van der Waals surface area contributed by atoms with Crippen LogP contribution in [0, 0.1) is 11.8 Å². The van der Waals surface area contributed by atoms with E-state index in [0.717, 1.165) is 6.42 Å². The average Bonchev–Trinajstić information content (AvgIpc) is 1.98. The molecule has 0 aliphatic rings. The topological polar surface area (TPSA) is 26.3 Å². The summed E-state index contributed by atoms with van der Waals surface area (Å²) >= 11 is 0. The summed E-state index contributed by atoms with van der Waals surface area (Å²) < 4.78 is 4.29. The minimum Gasteiger partial charge on any atom is -0.459 e. The van der Waals surface area contributed by atoms with E-state index in [9.17, 15) is 4.79 Å². The van der Waals surface area contributed by atoms with Crippen molar-refractivity contribution in [3.05, 3.63) is 12.7 Å². The normalized spacial score (nSPS) is 7.30. The lowest BCUT2D eigenvalue weighted by molar-refractivity contribution is -0.133.